The second-order valence-corrected chi connectivity index (χ2v) is 8.74. The minimum Gasteiger partial charge on any atom is -0.493 e. The average Bonchev–Trinajstić information content (AvgIpc) is 2.84. The second kappa shape index (κ2) is 10.6. The van der Waals surface area contributed by atoms with E-state index in [0.717, 1.165) is 66.4 Å². The van der Waals surface area contributed by atoms with E-state index < -0.39 is 0 Å². The SMILES string of the molecule is COc1cccc(CN2CCC(c3nc(NC(C)C)ncc3-c3cccnc3)CC2)c1OC. The Morgan fingerprint density at radius 3 is 2.55 bits per heavy atom. The molecule has 0 radical (unpaired) electrons. The summed E-state index contributed by atoms with van der Waals surface area (Å²) >= 11 is 0. The Balaban J connectivity index is 1.52. The van der Waals surface area contributed by atoms with Crippen molar-refractivity contribution >= 4 is 5.95 Å². The fourth-order valence-corrected chi connectivity index (χ4v) is 4.46. The fraction of sp³-hybridized carbons (Fsp3) is 0.423. The van der Waals surface area contributed by atoms with E-state index in [1.165, 1.54) is 0 Å². The molecule has 1 aliphatic heterocycles. The van der Waals surface area contributed by atoms with E-state index in [2.05, 4.69) is 46.2 Å². The first-order valence-corrected chi connectivity index (χ1v) is 11.5. The van der Waals surface area contributed by atoms with E-state index in [1.54, 1.807) is 20.4 Å². The van der Waals surface area contributed by atoms with Crippen LogP contribution in [0.2, 0.25) is 0 Å². The van der Waals surface area contributed by atoms with Crippen LogP contribution in [0.1, 0.15) is 43.9 Å². The molecule has 0 unspecified atom stereocenters. The fourth-order valence-electron chi connectivity index (χ4n) is 4.46. The maximum absolute atomic E-state index is 5.63. The highest BCUT2D eigenvalue weighted by Crippen LogP contribution is 2.36. The number of benzene rings is 1. The van der Waals surface area contributed by atoms with Crippen molar-refractivity contribution < 1.29 is 9.47 Å². The standard InChI is InChI=1S/C26H33N5O2/c1-18(2)29-26-28-16-22(20-8-6-12-27-15-20)24(30-26)19-10-13-31(14-11-19)17-21-7-5-9-23(32-3)25(21)33-4/h5-9,12,15-16,18-19H,10-11,13-14,17H2,1-4H3,(H,28,29,30). The summed E-state index contributed by atoms with van der Waals surface area (Å²) in [6.07, 6.45) is 7.71. The largest absolute Gasteiger partial charge is 0.493 e. The molecule has 0 bridgehead atoms. The highest BCUT2D eigenvalue weighted by atomic mass is 16.5. The minimum atomic E-state index is 0.279. The lowest BCUT2D eigenvalue weighted by Crippen LogP contribution is -2.33. The van der Waals surface area contributed by atoms with Gasteiger partial charge < -0.3 is 14.8 Å². The molecule has 0 aliphatic carbocycles. The normalized spacial score (nSPS) is 14.9. The van der Waals surface area contributed by atoms with Gasteiger partial charge in [0.05, 0.1) is 19.9 Å². The number of para-hydroxylation sites is 1. The van der Waals surface area contributed by atoms with Gasteiger partial charge in [-0.15, -0.1) is 0 Å². The first kappa shape index (κ1) is 23.0. The summed E-state index contributed by atoms with van der Waals surface area (Å²) in [6.45, 7) is 7.03. The van der Waals surface area contributed by atoms with Gasteiger partial charge >= 0.3 is 0 Å². The van der Waals surface area contributed by atoms with Crippen molar-refractivity contribution in [2.24, 2.45) is 0 Å². The second-order valence-electron chi connectivity index (χ2n) is 8.74. The lowest BCUT2D eigenvalue weighted by Gasteiger charge is -2.33. The van der Waals surface area contributed by atoms with Crippen molar-refractivity contribution in [1.29, 1.82) is 0 Å². The van der Waals surface area contributed by atoms with Crippen LogP contribution in [0.3, 0.4) is 0 Å². The number of ether oxygens (including phenoxy) is 2. The van der Waals surface area contributed by atoms with Crippen LogP contribution in [0, 0.1) is 0 Å². The van der Waals surface area contributed by atoms with Gasteiger partial charge in [-0.05, 0) is 51.9 Å². The molecule has 3 aromatic rings. The van der Waals surface area contributed by atoms with Gasteiger partial charge in [-0.1, -0.05) is 18.2 Å². The Morgan fingerprint density at radius 2 is 1.88 bits per heavy atom. The molecule has 7 nitrogen and oxygen atoms in total. The molecule has 0 atom stereocenters. The predicted molar refractivity (Wildman–Crippen MR) is 131 cm³/mol. The third-order valence-electron chi connectivity index (χ3n) is 6.06. The molecule has 0 amide bonds. The summed E-state index contributed by atoms with van der Waals surface area (Å²) < 4.78 is 11.1. The highest BCUT2D eigenvalue weighted by molar-refractivity contribution is 5.65. The molecule has 1 saturated heterocycles. The van der Waals surface area contributed by atoms with Crippen LogP contribution in [-0.4, -0.2) is 53.2 Å². The van der Waals surface area contributed by atoms with Crippen LogP contribution >= 0.6 is 0 Å². The van der Waals surface area contributed by atoms with Crippen molar-refractivity contribution in [2.45, 2.75) is 45.2 Å². The monoisotopic (exact) mass is 447 g/mol. The molecule has 0 saturated carbocycles. The van der Waals surface area contributed by atoms with Crippen LogP contribution in [0.4, 0.5) is 5.95 Å². The molecular weight excluding hydrogens is 414 g/mol. The van der Waals surface area contributed by atoms with E-state index >= 15 is 0 Å². The molecule has 2 aromatic heterocycles. The summed E-state index contributed by atoms with van der Waals surface area (Å²) in [6, 6.07) is 10.4. The van der Waals surface area contributed by atoms with Crippen molar-refractivity contribution in [1.82, 2.24) is 19.9 Å². The minimum absolute atomic E-state index is 0.279. The lowest BCUT2D eigenvalue weighted by atomic mass is 9.89. The van der Waals surface area contributed by atoms with Crippen LogP contribution < -0.4 is 14.8 Å². The van der Waals surface area contributed by atoms with E-state index in [9.17, 15) is 0 Å². The Kier molecular flexibility index (Phi) is 7.40. The zero-order chi connectivity index (χ0) is 23.2. The van der Waals surface area contributed by atoms with Gasteiger partial charge in [0.25, 0.3) is 0 Å². The lowest BCUT2D eigenvalue weighted by molar-refractivity contribution is 0.200. The topological polar surface area (TPSA) is 72.4 Å². The molecule has 3 heterocycles. The highest BCUT2D eigenvalue weighted by Gasteiger charge is 2.26. The Labute approximate surface area is 196 Å². The summed E-state index contributed by atoms with van der Waals surface area (Å²) in [4.78, 5) is 16.3. The third kappa shape index (κ3) is 5.42. The summed E-state index contributed by atoms with van der Waals surface area (Å²) in [5.41, 5.74) is 4.40. The van der Waals surface area contributed by atoms with Crippen LogP contribution in [0.25, 0.3) is 11.1 Å². The zero-order valence-corrected chi connectivity index (χ0v) is 19.9. The summed E-state index contributed by atoms with van der Waals surface area (Å²) in [7, 11) is 3.38. The van der Waals surface area contributed by atoms with E-state index in [1.807, 2.05) is 30.6 Å². The number of nitrogens with one attached hydrogen (secondary N) is 1. The number of piperidine rings is 1. The van der Waals surface area contributed by atoms with Gasteiger partial charge in [-0.25, -0.2) is 9.97 Å². The number of nitrogens with zero attached hydrogens (tertiary/aromatic N) is 4. The van der Waals surface area contributed by atoms with Crippen molar-refractivity contribution in [3.63, 3.8) is 0 Å². The van der Waals surface area contributed by atoms with Gasteiger partial charge in [-0.3, -0.25) is 9.88 Å². The van der Waals surface area contributed by atoms with E-state index in [-0.39, 0.29) is 6.04 Å². The molecule has 4 rings (SSSR count). The predicted octanol–water partition coefficient (Wildman–Crippen LogP) is 4.76. The number of anilines is 1. The third-order valence-corrected chi connectivity index (χ3v) is 6.06. The number of hydrogen-bond acceptors (Lipinski definition) is 7. The molecule has 1 aliphatic rings. The average molecular weight is 448 g/mol. The zero-order valence-electron chi connectivity index (χ0n) is 19.9. The van der Waals surface area contributed by atoms with Crippen molar-refractivity contribution in [3.8, 4) is 22.6 Å². The maximum atomic E-state index is 5.63. The van der Waals surface area contributed by atoms with Crippen molar-refractivity contribution in [2.75, 3.05) is 32.6 Å². The molecule has 0 spiro atoms. The molecule has 1 aromatic carbocycles. The van der Waals surface area contributed by atoms with E-state index in [4.69, 9.17) is 14.5 Å². The van der Waals surface area contributed by atoms with E-state index in [0.29, 0.717) is 11.9 Å². The molecule has 1 fully saturated rings. The van der Waals surface area contributed by atoms with Gasteiger partial charge in [-0.2, -0.15) is 0 Å². The van der Waals surface area contributed by atoms with Crippen molar-refractivity contribution in [3.05, 3.63) is 60.2 Å². The Hall–Kier alpha value is -3.19. The number of aromatic nitrogens is 3. The number of methoxy groups -OCH3 is 2. The summed E-state index contributed by atoms with van der Waals surface area (Å²) in [5.74, 6) is 2.66. The number of pyridine rings is 1. The smallest absolute Gasteiger partial charge is 0.223 e. The van der Waals surface area contributed by atoms with Gasteiger partial charge in [0.1, 0.15) is 0 Å². The van der Waals surface area contributed by atoms with Crippen LogP contribution in [0.5, 0.6) is 11.5 Å². The van der Waals surface area contributed by atoms with Gasteiger partial charge in [0, 0.05) is 53.8 Å². The number of hydrogen-bond donors (Lipinski definition) is 1. The summed E-state index contributed by atoms with van der Waals surface area (Å²) in [5, 5.41) is 3.35. The Morgan fingerprint density at radius 1 is 1.06 bits per heavy atom. The Bertz CT molecular complexity index is 1050. The first-order chi connectivity index (χ1) is 16.1. The molecule has 33 heavy (non-hydrogen) atoms. The van der Waals surface area contributed by atoms with Gasteiger partial charge in [0.15, 0.2) is 11.5 Å². The van der Waals surface area contributed by atoms with Gasteiger partial charge in [0.2, 0.25) is 5.95 Å². The van der Waals surface area contributed by atoms with Crippen LogP contribution in [-0.2, 0) is 6.54 Å². The molecule has 7 heteroatoms. The maximum Gasteiger partial charge on any atom is 0.223 e. The number of rotatable bonds is 8. The van der Waals surface area contributed by atoms with Crippen LogP contribution in [0.15, 0.2) is 48.9 Å². The molecular formula is C26H33N5O2. The molecule has 1 N–H and O–H groups in total. The quantitative estimate of drug-likeness (QED) is 0.534. The first-order valence-electron chi connectivity index (χ1n) is 11.5. The molecule has 174 valence electrons. The number of likely N-dealkylation sites (tertiary alicyclic amines) is 1.